The fourth-order valence-electron chi connectivity index (χ4n) is 4.52. The SMILES string of the molecule is Cc1cc2cc(C#N)c(N3CCCN(C(=S)NCCCN4CCOCC4)CC3)nc2cc1C. The maximum Gasteiger partial charge on any atom is 0.168 e. The second-order valence-electron chi connectivity index (χ2n) is 8.97. The molecule has 1 N–H and O–H groups in total. The van der Waals surface area contributed by atoms with Gasteiger partial charge in [0.25, 0.3) is 0 Å². The molecule has 1 aromatic heterocycles. The maximum atomic E-state index is 9.79. The van der Waals surface area contributed by atoms with E-state index in [1.807, 2.05) is 6.07 Å². The first-order valence-electron chi connectivity index (χ1n) is 11.9. The third-order valence-electron chi connectivity index (χ3n) is 6.64. The number of pyridine rings is 1. The van der Waals surface area contributed by atoms with Crippen LogP contribution in [0.2, 0.25) is 0 Å². The van der Waals surface area contributed by atoms with E-state index in [4.69, 9.17) is 21.9 Å². The van der Waals surface area contributed by atoms with Crippen molar-refractivity contribution in [3.05, 3.63) is 34.9 Å². The van der Waals surface area contributed by atoms with Gasteiger partial charge in [-0.3, -0.25) is 4.90 Å². The molecule has 7 nitrogen and oxygen atoms in total. The number of ether oxygens (including phenoxy) is 1. The van der Waals surface area contributed by atoms with Crippen LogP contribution in [0.1, 0.15) is 29.5 Å². The number of nitriles is 1. The third kappa shape index (κ3) is 5.91. The lowest BCUT2D eigenvalue weighted by atomic mass is 10.0. The summed E-state index contributed by atoms with van der Waals surface area (Å²) in [5.74, 6) is 0.791. The normalized spacial score (nSPS) is 17.6. The number of hydrogen-bond acceptors (Lipinski definition) is 6. The minimum atomic E-state index is 0.642. The number of fused-ring (bicyclic) bond motifs is 1. The minimum absolute atomic E-state index is 0.642. The first kappa shape index (κ1) is 23.7. The van der Waals surface area contributed by atoms with Crippen molar-refractivity contribution in [2.24, 2.45) is 0 Å². The Hall–Kier alpha value is -2.47. The summed E-state index contributed by atoms with van der Waals surface area (Å²) in [5.41, 5.74) is 4.03. The van der Waals surface area contributed by atoms with E-state index < -0.39 is 0 Å². The lowest BCUT2D eigenvalue weighted by Gasteiger charge is -2.27. The Morgan fingerprint density at radius 3 is 2.67 bits per heavy atom. The number of aromatic nitrogens is 1. The molecule has 0 bridgehead atoms. The van der Waals surface area contributed by atoms with Crippen LogP contribution in [0.4, 0.5) is 5.82 Å². The molecule has 3 heterocycles. The Morgan fingerprint density at radius 2 is 1.88 bits per heavy atom. The first-order valence-corrected chi connectivity index (χ1v) is 12.4. The standard InChI is InChI=1S/C25H34N6OS/c1-19-15-21-17-22(18-26)24(28-23(21)16-20(19)2)30-7-4-8-31(10-9-30)25(33)27-5-3-6-29-11-13-32-14-12-29/h15-17H,3-14H2,1-2H3,(H,27,33). The molecule has 1 aromatic carbocycles. The van der Waals surface area contributed by atoms with Crippen molar-refractivity contribution in [3.8, 4) is 6.07 Å². The highest BCUT2D eigenvalue weighted by atomic mass is 32.1. The van der Waals surface area contributed by atoms with E-state index in [1.165, 1.54) is 11.1 Å². The number of rotatable bonds is 5. The molecule has 0 spiro atoms. The van der Waals surface area contributed by atoms with E-state index in [-0.39, 0.29) is 0 Å². The third-order valence-corrected chi connectivity index (χ3v) is 7.05. The highest BCUT2D eigenvalue weighted by molar-refractivity contribution is 7.80. The van der Waals surface area contributed by atoms with Gasteiger partial charge in [0.1, 0.15) is 11.9 Å². The average Bonchev–Trinajstić information content (AvgIpc) is 3.09. The first-order chi connectivity index (χ1) is 16.0. The van der Waals surface area contributed by atoms with Gasteiger partial charge in [0.05, 0.1) is 24.3 Å². The Bertz CT molecular complexity index is 1030. The molecule has 2 aromatic rings. The van der Waals surface area contributed by atoms with Crippen LogP contribution in [0.5, 0.6) is 0 Å². The van der Waals surface area contributed by atoms with Crippen LogP contribution in [0.25, 0.3) is 10.9 Å². The molecule has 0 unspecified atom stereocenters. The molecule has 0 radical (unpaired) electrons. The van der Waals surface area contributed by atoms with E-state index >= 15 is 0 Å². The van der Waals surface area contributed by atoms with Gasteiger partial charge in [0.2, 0.25) is 0 Å². The van der Waals surface area contributed by atoms with Crippen LogP contribution >= 0.6 is 12.2 Å². The summed E-state index contributed by atoms with van der Waals surface area (Å²) in [6, 6.07) is 8.59. The van der Waals surface area contributed by atoms with Crippen LogP contribution in [-0.2, 0) is 4.74 Å². The van der Waals surface area contributed by atoms with Crippen molar-refractivity contribution in [2.75, 3.05) is 70.5 Å². The summed E-state index contributed by atoms with van der Waals surface area (Å²) in [7, 11) is 0. The Balaban J connectivity index is 1.34. The van der Waals surface area contributed by atoms with Crippen LogP contribution in [0.3, 0.4) is 0 Å². The number of nitrogens with zero attached hydrogens (tertiary/aromatic N) is 5. The molecule has 0 amide bonds. The van der Waals surface area contributed by atoms with Crippen molar-refractivity contribution in [3.63, 3.8) is 0 Å². The average molecular weight is 467 g/mol. The van der Waals surface area contributed by atoms with Crippen LogP contribution in [0, 0.1) is 25.2 Å². The number of benzene rings is 1. The Kier molecular flexibility index (Phi) is 7.97. The van der Waals surface area contributed by atoms with Crippen molar-refractivity contribution in [2.45, 2.75) is 26.7 Å². The molecule has 0 aliphatic carbocycles. The van der Waals surface area contributed by atoms with Crippen molar-refractivity contribution >= 4 is 34.1 Å². The van der Waals surface area contributed by atoms with Crippen LogP contribution < -0.4 is 10.2 Å². The molecule has 2 aliphatic rings. The molecule has 0 atom stereocenters. The molecule has 4 rings (SSSR count). The number of hydrogen-bond donors (Lipinski definition) is 1. The molecule has 2 fully saturated rings. The summed E-state index contributed by atoms with van der Waals surface area (Å²) in [6.07, 6.45) is 2.05. The summed E-state index contributed by atoms with van der Waals surface area (Å²) >= 11 is 5.69. The molecule has 176 valence electrons. The summed E-state index contributed by atoms with van der Waals surface area (Å²) < 4.78 is 5.41. The molecular weight excluding hydrogens is 432 g/mol. The number of thiocarbonyl (C=S) groups is 1. The topological polar surface area (TPSA) is 67.7 Å². The second-order valence-corrected chi connectivity index (χ2v) is 9.35. The molecule has 8 heteroatoms. The summed E-state index contributed by atoms with van der Waals surface area (Å²) in [6.45, 7) is 13.3. The van der Waals surface area contributed by atoms with E-state index in [2.05, 4.69) is 52.1 Å². The maximum absolute atomic E-state index is 9.79. The van der Waals surface area contributed by atoms with E-state index in [0.717, 1.165) is 100 Å². The quantitative estimate of drug-likeness (QED) is 0.533. The van der Waals surface area contributed by atoms with Gasteiger partial charge in [-0.1, -0.05) is 0 Å². The van der Waals surface area contributed by atoms with Gasteiger partial charge in [-0.05, 0) is 74.8 Å². The number of nitrogens with one attached hydrogen (secondary N) is 1. The van der Waals surface area contributed by atoms with Crippen molar-refractivity contribution in [1.29, 1.82) is 5.26 Å². The van der Waals surface area contributed by atoms with Gasteiger partial charge < -0.3 is 19.9 Å². The lowest BCUT2D eigenvalue weighted by molar-refractivity contribution is 0.0376. The van der Waals surface area contributed by atoms with Gasteiger partial charge in [-0.2, -0.15) is 5.26 Å². The molecular formula is C25H34N6OS. The van der Waals surface area contributed by atoms with Gasteiger partial charge >= 0.3 is 0 Å². The molecule has 2 saturated heterocycles. The van der Waals surface area contributed by atoms with E-state index in [9.17, 15) is 5.26 Å². The predicted molar refractivity (Wildman–Crippen MR) is 137 cm³/mol. The Labute approximate surface area is 202 Å². The number of anilines is 1. The summed E-state index contributed by atoms with van der Waals surface area (Å²) in [4.78, 5) is 11.9. The molecule has 33 heavy (non-hydrogen) atoms. The highest BCUT2D eigenvalue weighted by Gasteiger charge is 2.21. The van der Waals surface area contributed by atoms with Crippen molar-refractivity contribution in [1.82, 2.24) is 20.1 Å². The zero-order valence-electron chi connectivity index (χ0n) is 19.8. The monoisotopic (exact) mass is 466 g/mol. The fraction of sp³-hybridized carbons (Fsp3) is 0.560. The number of aryl methyl sites for hydroxylation is 2. The van der Waals surface area contributed by atoms with Gasteiger partial charge in [-0.25, -0.2) is 4.98 Å². The van der Waals surface area contributed by atoms with Crippen LogP contribution in [-0.4, -0.2) is 85.5 Å². The molecule has 2 aliphatic heterocycles. The fourth-order valence-corrected chi connectivity index (χ4v) is 4.80. The largest absolute Gasteiger partial charge is 0.379 e. The zero-order chi connectivity index (χ0) is 23.2. The smallest absolute Gasteiger partial charge is 0.168 e. The van der Waals surface area contributed by atoms with Gasteiger partial charge in [0.15, 0.2) is 5.11 Å². The van der Waals surface area contributed by atoms with E-state index in [0.29, 0.717) is 5.56 Å². The van der Waals surface area contributed by atoms with Crippen LogP contribution in [0.15, 0.2) is 18.2 Å². The van der Waals surface area contributed by atoms with Gasteiger partial charge in [0, 0.05) is 51.2 Å². The van der Waals surface area contributed by atoms with Gasteiger partial charge in [-0.15, -0.1) is 0 Å². The lowest BCUT2D eigenvalue weighted by Crippen LogP contribution is -2.43. The minimum Gasteiger partial charge on any atom is -0.379 e. The highest BCUT2D eigenvalue weighted by Crippen LogP contribution is 2.26. The number of morpholine rings is 1. The molecule has 0 saturated carbocycles. The zero-order valence-corrected chi connectivity index (χ0v) is 20.6. The van der Waals surface area contributed by atoms with E-state index in [1.54, 1.807) is 0 Å². The summed E-state index contributed by atoms with van der Waals surface area (Å²) in [5, 5.41) is 15.1. The Morgan fingerprint density at radius 1 is 1.09 bits per heavy atom. The predicted octanol–water partition coefficient (Wildman–Crippen LogP) is 2.83. The van der Waals surface area contributed by atoms with Crippen molar-refractivity contribution < 1.29 is 4.74 Å². The second kappa shape index (κ2) is 11.1.